The van der Waals surface area contributed by atoms with Gasteiger partial charge in [-0.2, -0.15) is 4.98 Å². The molecule has 0 fully saturated rings. The van der Waals surface area contributed by atoms with E-state index in [1.165, 1.54) is 0 Å². The number of carbonyl (C=O) groups excluding carboxylic acids is 1. The van der Waals surface area contributed by atoms with Crippen molar-refractivity contribution in [3.63, 3.8) is 0 Å². The first-order valence-electron chi connectivity index (χ1n) is 8.10. The quantitative estimate of drug-likeness (QED) is 0.537. The summed E-state index contributed by atoms with van der Waals surface area (Å²) < 4.78 is 16.7. The van der Waals surface area contributed by atoms with Gasteiger partial charge < -0.3 is 14.0 Å². The molecule has 0 aliphatic heterocycles. The molecular weight excluding hydrogens is 400 g/mol. The molecule has 1 aromatic heterocycles. The highest BCUT2D eigenvalue weighted by Gasteiger charge is 2.12. The number of para-hydroxylation sites is 1. The van der Waals surface area contributed by atoms with Gasteiger partial charge in [0.05, 0.1) is 0 Å². The van der Waals surface area contributed by atoms with Crippen molar-refractivity contribution < 1.29 is 18.8 Å². The minimum absolute atomic E-state index is 0.0986. The molecule has 0 radical (unpaired) electrons. The summed E-state index contributed by atoms with van der Waals surface area (Å²) in [5, 5.41) is 3.89. The molecule has 0 spiro atoms. The molecule has 0 saturated carbocycles. The van der Waals surface area contributed by atoms with E-state index >= 15 is 0 Å². The van der Waals surface area contributed by atoms with Crippen LogP contribution in [0.2, 0.25) is 0 Å². The fraction of sp³-hybridized carbons (Fsp3) is 0.211. The van der Waals surface area contributed by atoms with E-state index in [1.54, 1.807) is 0 Å². The van der Waals surface area contributed by atoms with Crippen LogP contribution in [0.15, 0.2) is 57.5 Å². The van der Waals surface area contributed by atoms with Crippen LogP contribution in [-0.4, -0.2) is 22.7 Å². The summed E-state index contributed by atoms with van der Waals surface area (Å²) in [5.74, 6) is 0.840. The summed E-state index contributed by atoms with van der Waals surface area (Å²) in [6.45, 7) is 1.75. The van der Waals surface area contributed by atoms with E-state index in [4.69, 9.17) is 14.0 Å². The molecule has 3 rings (SSSR count). The number of nitrogens with zero attached hydrogens (tertiary/aromatic N) is 2. The van der Waals surface area contributed by atoms with Crippen LogP contribution in [0.25, 0.3) is 11.4 Å². The lowest BCUT2D eigenvalue weighted by Gasteiger charge is -2.09. The number of halogens is 1. The van der Waals surface area contributed by atoms with E-state index < -0.39 is 5.97 Å². The first-order valence-corrected chi connectivity index (χ1v) is 8.90. The van der Waals surface area contributed by atoms with Crippen molar-refractivity contribution in [2.24, 2.45) is 0 Å². The predicted octanol–water partition coefficient (Wildman–Crippen LogP) is 4.18. The Morgan fingerprint density at radius 1 is 1.19 bits per heavy atom. The Morgan fingerprint density at radius 2 is 2.04 bits per heavy atom. The zero-order valence-electron chi connectivity index (χ0n) is 14.1. The zero-order valence-corrected chi connectivity index (χ0v) is 15.7. The monoisotopic (exact) mass is 416 g/mol. The van der Waals surface area contributed by atoms with Crippen molar-refractivity contribution in [1.82, 2.24) is 10.1 Å². The van der Waals surface area contributed by atoms with Gasteiger partial charge in [0, 0.05) is 10.0 Å². The highest BCUT2D eigenvalue weighted by Crippen LogP contribution is 2.21. The maximum Gasteiger partial charge on any atom is 0.344 e. The summed E-state index contributed by atoms with van der Waals surface area (Å²) in [7, 11) is 0. The fourth-order valence-corrected chi connectivity index (χ4v) is 2.71. The minimum Gasteiger partial charge on any atom is -0.482 e. The van der Waals surface area contributed by atoms with E-state index in [1.807, 2.05) is 55.5 Å². The van der Waals surface area contributed by atoms with Crippen molar-refractivity contribution >= 4 is 21.9 Å². The zero-order chi connectivity index (χ0) is 18.4. The lowest BCUT2D eigenvalue weighted by atomic mass is 10.1. The topological polar surface area (TPSA) is 74.5 Å². The van der Waals surface area contributed by atoms with E-state index in [-0.39, 0.29) is 19.1 Å². The SMILES string of the molecule is CCc1ccccc1OCC(=O)OCc1nc(-c2cccc(Br)c2)no1. The number of rotatable bonds is 7. The first-order chi connectivity index (χ1) is 12.7. The summed E-state index contributed by atoms with van der Waals surface area (Å²) in [5.41, 5.74) is 1.84. The second kappa shape index (κ2) is 8.62. The summed E-state index contributed by atoms with van der Waals surface area (Å²) in [6.07, 6.45) is 0.825. The van der Waals surface area contributed by atoms with Crippen LogP contribution < -0.4 is 4.74 Å². The van der Waals surface area contributed by atoms with Crippen LogP contribution in [0.5, 0.6) is 5.75 Å². The average Bonchev–Trinajstić information content (AvgIpc) is 3.14. The third-order valence-corrected chi connectivity index (χ3v) is 4.10. The van der Waals surface area contributed by atoms with Crippen LogP contribution in [-0.2, 0) is 22.6 Å². The summed E-state index contributed by atoms with van der Waals surface area (Å²) in [6, 6.07) is 15.1. The smallest absolute Gasteiger partial charge is 0.344 e. The summed E-state index contributed by atoms with van der Waals surface area (Å²) >= 11 is 3.39. The standard InChI is InChI=1S/C19H17BrN2O4/c1-2-13-6-3-4-9-16(13)24-12-18(23)25-11-17-21-19(22-26-17)14-7-5-8-15(20)10-14/h3-10H,2,11-12H2,1H3. The number of esters is 1. The van der Waals surface area contributed by atoms with Gasteiger partial charge in [-0.05, 0) is 30.2 Å². The molecule has 0 unspecified atom stereocenters. The van der Waals surface area contributed by atoms with Crippen molar-refractivity contribution in [3.8, 4) is 17.1 Å². The number of ether oxygens (including phenoxy) is 2. The molecule has 0 aliphatic rings. The van der Waals surface area contributed by atoms with Crippen molar-refractivity contribution in [3.05, 3.63) is 64.5 Å². The summed E-state index contributed by atoms with van der Waals surface area (Å²) in [4.78, 5) is 16.1. The molecule has 26 heavy (non-hydrogen) atoms. The van der Waals surface area contributed by atoms with Crippen LogP contribution >= 0.6 is 15.9 Å². The Hall–Kier alpha value is -2.67. The molecule has 0 saturated heterocycles. The number of hydrogen-bond donors (Lipinski definition) is 0. The Kier molecular flexibility index (Phi) is 6.01. The van der Waals surface area contributed by atoms with Gasteiger partial charge in [0.25, 0.3) is 5.89 Å². The minimum atomic E-state index is -0.502. The molecular formula is C19H17BrN2O4. The lowest BCUT2D eigenvalue weighted by molar-refractivity contribution is -0.148. The number of aromatic nitrogens is 2. The highest BCUT2D eigenvalue weighted by atomic mass is 79.9. The first kappa shape index (κ1) is 18.1. The number of hydrogen-bond acceptors (Lipinski definition) is 6. The third kappa shape index (κ3) is 4.70. The molecule has 0 N–H and O–H groups in total. The van der Waals surface area contributed by atoms with E-state index in [9.17, 15) is 4.79 Å². The van der Waals surface area contributed by atoms with Gasteiger partial charge in [0.15, 0.2) is 13.2 Å². The molecule has 1 heterocycles. The molecule has 7 heteroatoms. The van der Waals surface area contributed by atoms with Crippen molar-refractivity contribution in [1.29, 1.82) is 0 Å². The number of aryl methyl sites for hydroxylation is 1. The maximum absolute atomic E-state index is 11.9. The van der Waals surface area contributed by atoms with Crippen LogP contribution in [0, 0.1) is 0 Å². The predicted molar refractivity (Wildman–Crippen MR) is 98.5 cm³/mol. The Morgan fingerprint density at radius 3 is 2.85 bits per heavy atom. The van der Waals surface area contributed by atoms with Crippen molar-refractivity contribution in [2.75, 3.05) is 6.61 Å². The largest absolute Gasteiger partial charge is 0.482 e. The highest BCUT2D eigenvalue weighted by molar-refractivity contribution is 9.10. The van der Waals surface area contributed by atoms with Gasteiger partial charge in [0.1, 0.15) is 5.75 Å². The van der Waals surface area contributed by atoms with Crippen molar-refractivity contribution in [2.45, 2.75) is 20.0 Å². The molecule has 0 aliphatic carbocycles. The average molecular weight is 417 g/mol. The van der Waals surface area contributed by atoms with E-state index in [0.717, 1.165) is 22.0 Å². The van der Waals surface area contributed by atoms with Crippen LogP contribution in [0.3, 0.4) is 0 Å². The lowest BCUT2D eigenvalue weighted by Crippen LogP contribution is -2.15. The molecule has 0 bridgehead atoms. The molecule has 134 valence electrons. The Bertz CT molecular complexity index is 895. The second-order valence-corrected chi connectivity index (χ2v) is 6.35. The van der Waals surface area contributed by atoms with Crippen LogP contribution in [0.1, 0.15) is 18.4 Å². The third-order valence-electron chi connectivity index (χ3n) is 3.61. The second-order valence-electron chi connectivity index (χ2n) is 5.43. The van der Waals surface area contributed by atoms with Gasteiger partial charge in [-0.3, -0.25) is 0 Å². The Balaban J connectivity index is 1.52. The van der Waals surface area contributed by atoms with Gasteiger partial charge in [0.2, 0.25) is 5.82 Å². The molecule has 6 nitrogen and oxygen atoms in total. The fourth-order valence-electron chi connectivity index (χ4n) is 2.32. The maximum atomic E-state index is 11.9. The molecule has 0 amide bonds. The van der Waals surface area contributed by atoms with E-state index in [2.05, 4.69) is 26.1 Å². The van der Waals surface area contributed by atoms with Gasteiger partial charge in [-0.1, -0.05) is 58.3 Å². The van der Waals surface area contributed by atoms with Gasteiger partial charge >= 0.3 is 5.97 Å². The van der Waals surface area contributed by atoms with Gasteiger partial charge in [-0.25, -0.2) is 4.79 Å². The van der Waals surface area contributed by atoms with Gasteiger partial charge in [-0.15, -0.1) is 0 Å². The Labute approximate surface area is 159 Å². The number of carbonyl (C=O) groups is 1. The molecule has 3 aromatic rings. The number of benzene rings is 2. The molecule has 0 atom stereocenters. The molecule has 2 aromatic carbocycles. The van der Waals surface area contributed by atoms with Crippen LogP contribution in [0.4, 0.5) is 0 Å². The normalized spacial score (nSPS) is 10.5. The van der Waals surface area contributed by atoms with E-state index in [0.29, 0.717) is 11.6 Å².